The van der Waals surface area contributed by atoms with Gasteiger partial charge in [0.05, 0.1) is 22.4 Å². The quantitative estimate of drug-likeness (QED) is 0.319. The molecule has 0 spiro atoms. The van der Waals surface area contributed by atoms with Gasteiger partial charge in [-0.05, 0) is 48.9 Å². The molecular weight excluding hydrogens is 310 g/mol. The van der Waals surface area contributed by atoms with Crippen LogP contribution in [-0.2, 0) is 0 Å². The number of fused-ring (bicyclic) bond motifs is 2. The molecule has 1 aromatic heterocycles. The molecule has 0 aliphatic carbocycles. The van der Waals surface area contributed by atoms with Gasteiger partial charge in [0.15, 0.2) is 0 Å². The van der Waals surface area contributed by atoms with E-state index in [-0.39, 0.29) is 5.75 Å². The number of nitrogens with one attached hydrogen (secondary N) is 1. The summed E-state index contributed by atoms with van der Waals surface area (Å²) in [6, 6.07) is 23.1. The molecule has 122 valence electrons. The van der Waals surface area contributed by atoms with E-state index in [2.05, 4.69) is 10.5 Å². The number of phenols is 1. The summed E-state index contributed by atoms with van der Waals surface area (Å²) in [7, 11) is 0. The molecule has 4 rings (SSSR count). The highest BCUT2D eigenvalue weighted by Gasteiger charge is 2.08. The first-order chi connectivity index (χ1) is 12.2. The SMILES string of the molecule is C/C(=N\Nc1c2ccccc2nc2ccccc12)c1ccc(O)cc1. The number of rotatable bonds is 3. The van der Waals surface area contributed by atoms with Gasteiger partial charge < -0.3 is 5.11 Å². The van der Waals surface area contributed by atoms with Crippen LogP contribution in [0.25, 0.3) is 21.8 Å². The molecule has 4 heteroatoms. The number of aromatic nitrogens is 1. The molecule has 0 saturated carbocycles. The number of para-hydroxylation sites is 2. The minimum Gasteiger partial charge on any atom is -0.508 e. The van der Waals surface area contributed by atoms with Gasteiger partial charge in [0.1, 0.15) is 5.75 Å². The summed E-state index contributed by atoms with van der Waals surface area (Å²) in [5.74, 6) is 0.246. The molecular formula is C21H17N3O. The van der Waals surface area contributed by atoms with Crippen molar-refractivity contribution in [1.82, 2.24) is 4.98 Å². The van der Waals surface area contributed by atoms with E-state index in [9.17, 15) is 5.11 Å². The van der Waals surface area contributed by atoms with Gasteiger partial charge in [-0.25, -0.2) is 4.98 Å². The number of hydrazone groups is 1. The summed E-state index contributed by atoms with van der Waals surface area (Å²) in [4.78, 5) is 4.72. The van der Waals surface area contributed by atoms with Crippen LogP contribution < -0.4 is 5.43 Å². The number of nitrogens with zero attached hydrogens (tertiary/aromatic N) is 2. The van der Waals surface area contributed by atoms with Crippen molar-refractivity contribution < 1.29 is 5.11 Å². The molecule has 0 radical (unpaired) electrons. The lowest BCUT2D eigenvalue weighted by Gasteiger charge is -2.11. The Labute approximate surface area is 145 Å². The van der Waals surface area contributed by atoms with Crippen molar-refractivity contribution >= 4 is 33.2 Å². The van der Waals surface area contributed by atoms with Gasteiger partial charge in [-0.2, -0.15) is 5.10 Å². The molecule has 0 saturated heterocycles. The number of hydrogen-bond acceptors (Lipinski definition) is 4. The molecule has 0 aliphatic heterocycles. The molecule has 1 heterocycles. The summed E-state index contributed by atoms with van der Waals surface area (Å²) >= 11 is 0. The Kier molecular flexibility index (Phi) is 3.78. The smallest absolute Gasteiger partial charge is 0.115 e. The lowest BCUT2D eigenvalue weighted by Crippen LogP contribution is -2.01. The normalized spacial score (nSPS) is 11.8. The number of phenolic OH excluding ortho intramolecular Hbond substituents is 1. The Morgan fingerprint density at radius 2 is 1.40 bits per heavy atom. The van der Waals surface area contributed by atoms with E-state index >= 15 is 0 Å². The van der Waals surface area contributed by atoms with E-state index in [1.165, 1.54) is 0 Å². The van der Waals surface area contributed by atoms with Crippen molar-refractivity contribution in [1.29, 1.82) is 0 Å². The molecule has 0 atom stereocenters. The van der Waals surface area contributed by atoms with Gasteiger partial charge >= 0.3 is 0 Å². The summed E-state index contributed by atoms with van der Waals surface area (Å²) in [6.07, 6.45) is 0. The number of anilines is 1. The van der Waals surface area contributed by atoms with Crippen LogP contribution in [-0.4, -0.2) is 15.8 Å². The predicted octanol–water partition coefficient (Wildman–Crippen LogP) is 4.93. The average Bonchev–Trinajstić information content (AvgIpc) is 2.65. The van der Waals surface area contributed by atoms with Crippen LogP contribution in [0.2, 0.25) is 0 Å². The van der Waals surface area contributed by atoms with E-state index in [0.717, 1.165) is 38.8 Å². The molecule has 0 aliphatic rings. The number of benzene rings is 3. The number of aromatic hydroxyl groups is 1. The minimum atomic E-state index is 0.246. The van der Waals surface area contributed by atoms with Crippen molar-refractivity contribution in [2.45, 2.75) is 6.92 Å². The highest BCUT2D eigenvalue weighted by molar-refractivity contribution is 6.08. The molecule has 0 bridgehead atoms. The second kappa shape index (κ2) is 6.24. The van der Waals surface area contributed by atoms with Crippen molar-refractivity contribution in [3.63, 3.8) is 0 Å². The van der Waals surface area contributed by atoms with Crippen molar-refractivity contribution in [2.24, 2.45) is 5.10 Å². The first-order valence-corrected chi connectivity index (χ1v) is 8.09. The van der Waals surface area contributed by atoms with E-state index < -0.39 is 0 Å². The Morgan fingerprint density at radius 3 is 2.00 bits per heavy atom. The first-order valence-electron chi connectivity index (χ1n) is 8.09. The van der Waals surface area contributed by atoms with Crippen molar-refractivity contribution in [3.05, 3.63) is 78.4 Å². The maximum atomic E-state index is 9.42. The van der Waals surface area contributed by atoms with Crippen molar-refractivity contribution in [3.8, 4) is 5.75 Å². The zero-order valence-electron chi connectivity index (χ0n) is 13.8. The molecule has 25 heavy (non-hydrogen) atoms. The fourth-order valence-corrected chi connectivity index (χ4v) is 2.87. The fourth-order valence-electron chi connectivity index (χ4n) is 2.87. The van der Waals surface area contributed by atoms with Crippen LogP contribution in [0.4, 0.5) is 5.69 Å². The van der Waals surface area contributed by atoms with Crippen LogP contribution in [0.1, 0.15) is 12.5 Å². The van der Waals surface area contributed by atoms with Gasteiger partial charge in [0, 0.05) is 10.8 Å². The Balaban J connectivity index is 1.81. The molecule has 4 nitrogen and oxygen atoms in total. The predicted molar refractivity (Wildman–Crippen MR) is 103 cm³/mol. The topological polar surface area (TPSA) is 57.5 Å². The molecule has 3 aromatic carbocycles. The third kappa shape index (κ3) is 2.90. The molecule has 0 unspecified atom stereocenters. The second-order valence-electron chi connectivity index (χ2n) is 5.88. The van der Waals surface area contributed by atoms with Crippen LogP contribution in [0.15, 0.2) is 77.9 Å². The van der Waals surface area contributed by atoms with Crippen LogP contribution in [0.5, 0.6) is 5.75 Å². The fraction of sp³-hybridized carbons (Fsp3) is 0.0476. The second-order valence-corrected chi connectivity index (χ2v) is 5.88. The maximum absolute atomic E-state index is 9.42. The number of hydrogen-bond donors (Lipinski definition) is 2. The molecule has 2 N–H and O–H groups in total. The third-order valence-corrected chi connectivity index (χ3v) is 4.21. The molecule has 4 aromatic rings. The van der Waals surface area contributed by atoms with Gasteiger partial charge in [-0.15, -0.1) is 0 Å². The van der Waals surface area contributed by atoms with Gasteiger partial charge in [-0.3, -0.25) is 5.43 Å². The Morgan fingerprint density at radius 1 is 0.840 bits per heavy atom. The highest BCUT2D eigenvalue weighted by atomic mass is 16.3. The Hall–Kier alpha value is -3.40. The molecule has 0 amide bonds. The Bertz CT molecular complexity index is 1030. The zero-order valence-corrected chi connectivity index (χ0v) is 13.8. The summed E-state index contributed by atoms with van der Waals surface area (Å²) < 4.78 is 0. The monoisotopic (exact) mass is 327 g/mol. The number of pyridine rings is 1. The highest BCUT2D eigenvalue weighted by Crippen LogP contribution is 2.30. The first kappa shape index (κ1) is 15.1. The van der Waals surface area contributed by atoms with Crippen LogP contribution >= 0.6 is 0 Å². The van der Waals surface area contributed by atoms with Crippen LogP contribution in [0, 0.1) is 0 Å². The lowest BCUT2D eigenvalue weighted by atomic mass is 10.1. The summed E-state index contributed by atoms with van der Waals surface area (Å²) in [5, 5.41) is 16.0. The average molecular weight is 327 g/mol. The molecule has 0 fully saturated rings. The zero-order chi connectivity index (χ0) is 17.2. The lowest BCUT2D eigenvalue weighted by molar-refractivity contribution is 0.475. The minimum absolute atomic E-state index is 0.246. The third-order valence-electron chi connectivity index (χ3n) is 4.21. The summed E-state index contributed by atoms with van der Waals surface area (Å²) in [6.45, 7) is 1.94. The van der Waals surface area contributed by atoms with Crippen molar-refractivity contribution in [2.75, 3.05) is 5.43 Å². The van der Waals surface area contributed by atoms with E-state index in [1.54, 1.807) is 12.1 Å². The van der Waals surface area contributed by atoms with Gasteiger partial charge in [-0.1, -0.05) is 36.4 Å². The standard InChI is InChI=1S/C21H17N3O/c1-14(15-10-12-16(25)13-11-15)23-24-21-17-6-2-4-8-19(17)22-20-9-5-3-7-18(20)21/h2-13,25H,1H3,(H,22,24)/b23-14+. The van der Waals surface area contributed by atoms with E-state index in [0.29, 0.717) is 0 Å². The van der Waals surface area contributed by atoms with E-state index in [1.807, 2.05) is 67.6 Å². The maximum Gasteiger partial charge on any atom is 0.115 e. The van der Waals surface area contributed by atoms with Gasteiger partial charge in [0.25, 0.3) is 0 Å². The van der Waals surface area contributed by atoms with E-state index in [4.69, 9.17) is 4.98 Å². The summed E-state index contributed by atoms with van der Waals surface area (Å²) in [5.41, 5.74) is 7.83. The van der Waals surface area contributed by atoms with Gasteiger partial charge in [0.2, 0.25) is 0 Å². The van der Waals surface area contributed by atoms with Crippen LogP contribution in [0.3, 0.4) is 0 Å². The largest absolute Gasteiger partial charge is 0.508 e.